The molecule has 0 amide bonds. The van der Waals surface area contributed by atoms with Gasteiger partial charge >= 0.3 is 0 Å². The van der Waals surface area contributed by atoms with Gasteiger partial charge in [-0.3, -0.25) is 0 Å². The van der Waals surface area contributed by atoms with Crippen LogP contribution < -0.4 is 4.74 Å². The van der Waals surface area contributed by atoms with Crippen LogP contribution in [-0.2, 0) is 13.0 Å². The number of rotatable bonds is 17. The fourth-order valence-electron chi connectivity index (χ4n) is 4.56. The number of aliphatic hydroxyl groups is 2. The van der Waals surface area contributed by atoms with Crippen molar-refractivity contribution in [3.05, 3.63) is 95.6 Å². The Morgan fingerprint density at radius 1 is 0.667 bits per heavy atom. The van der Waals surface area contributed by atoms with Gasteiger partial charge in [-0.2, -0.15) is 5.26 Å². The lowest BCUT2D eigenvalue weighted by atomic mass is 10.0. The summed E-state index contributed by atoms with van der Waals surface area (Å²) in [6, 6.07) is 26.3. The van der Waals surface area contributed by atoms with Gasteiger partial charge in [-0.05, 0) is 53.8 Å². The lowest BCUT2D eigenvalue weighted by molar-refractivity contribution is 0.235. The molecule has 1 unspecified atom stereocenters. The molecule has 0 radical (unpaired) electrons. The van der Waals surface area contributed by atoms with Crippen LogP contribution in [0.2, 0.25) is 0 Å². The molecule has 0 aliphatic carbocycles. The molecular formula is C35H47NO3. The summed E-state index contributed by atoms with van der Waals surface area (Å²) >= 11 is 0. The predicted molar refractivity (Wildman–Crippen MR) is 161 cm³/mol. The molecule has 39 heavy (non-hydrogen) atoms. The summed E-state index contributed by atoms with van der Waals surface area (Å²) in [7, 11) is 0. The minimum absolute atomic E-state index is 0.175. The first-order chi connectivity index (χ1) is 19.2. The van der Waals surface area contributed by atoms with Crippen LogP contribution in [0.25, 0.3) is 0 Å². The molecule has 0 aliphatic rings. The summed E-state index contributed by atoms with van der Waals surface area (Å²) in [5.74, 6) is 1.32. The Kier molecular flexibility index (Phi) is 17.1. The van der Waals surface area contributed by atoms with Crippen LogP contribution in [0.3, 0.4) is 0 Å². The zero-order valence-corrected chi connectivity index (χ0v) is 23.7. The molecule has 0 bridgehead atoms. The number of unbranched alkanes of at least 4 members (excludes halogenated alkanes) is 11. The van der Waals surface area contributed by atoms with E-state index >= 15 is 0 Å². The Hall–Kier alpha value is -3.13. The average Bonchev–Trinajstić information content (AvgIpc) is 2.98. The van der Waals surface area contributed by atoms with Crippen molar-refractivity contribution >= 4 is 0 Å². The van der Waals surface area contributed by atoms with Crippen molar-refractivity contribution in [2.24, 2.45) is 0 Å². The molecule has 3 rings (SSSR count). The van der Waals surface area contributed by atoms with E-state index in [9.17, 15) is 10.2 Å². The van der Waals surface area contributed by atoms with E-state index in [1.54, 1.807) is 30.3 Å². The highest BCUT2D eigenvalue weighted by molar-refractivity contribution is 5.35. The Balaban J connectivity index is 0.000000282. The van der Waals surface area contributed by atoms with Gasteiger partial charge in [0.1, 0.15) is 11.5 Å². The SMILES string of the molecule is CCCCCCCCCCCCCCc1ccccc1CO.N#CC(O)c1cccc(Oc2ccccc2)c1. The third-order valence-corrected chi connectivity index (χ3v) is 6.86. The van der Waals surface area contributed by atoms with E-state index in [0.29, 0.717) is 11.3 Å². The number of hydrogen-bond acceptors (Lipinski definition) is 4. The first-order valence-electron chi connectivity index (χ1n) is 14.8. The van der Waals surface area contributed by atoms with Gasteiger partial charge in [0.05, 0.1) is 12.7 Å². The smallest absolute Gasteiger partial charge is 0.166 e. The van der Waals surface area contributed by atoms with Crippen molar-refractivity contribution in [2.75, 3.05) is 0 Å². The molecule has 0 spiro atoms. The van der Waals surface area contributed by atoms with Crippen LogP contribution in [0.1, 0.15) is 107 Å². The summed E-state index contributed by atoms with van der Waals surface area (Å²) in [5, 5.41) is 27.3. The zero-order chi connectivity index (χ0) is 28.0. The molecule has 3 aromatic carbocycles. The first kappa shape index (κ1) is 32.1. The molecule has 0 aliphatic heterocycles. The fourth-order valence-corrected chi connectivity index (χ4v) is 4.56. The Labute approximate surface area is 236 Å². The van der Waals surface area contributed by atoms with Gasteiger partial charge in [-0.15, -0.1) is 0 Å². The second kappa shape index (κ2) is 20.8. The molecule has 2 N–H and O–H groups in total. The average molecular weight is 530 g/mol. The van der Waals surface area contributed by atoms with Gasteiger partial charge in [0.15, 0.2) is 6.10 Å². The molecule has 4 nitrogen and oxygen atoms in total. The van der Waals surface area contributed by atoms with E-state index in [-0.39, 0.29) is 6.61 Å². The number of nitriles is 1. The maximum Gasteiger partial charge on any atom is 0.166 e. The van der Waals surface area contributed by atoms with E-state index in [1.165, 1.54) is 82.6 Å². The Bertz CT molecular complexity index is 1060. The highest BCUT2D eigenvalue weighted by Crippen LogP contribution is 2.24. The Morgan fingerprint density at radius 3 is 1.79 bits per heavy atom. The summed E-state index contributed by atoms with van der Waals surface area (Å²) in [4.78, 5) is 0. The largest absolute Gasteiger partial charge is 0.457 e. The molecule has 1 atom stereocenters. The van der Waals surface area contributed by atoms with Crippen LogP contribution in [0.15, 0.2) is 78.9 Å². The van der Waals surface area contributed by atoms with E-state index in [0.717, 1.165) is 17.7 Å². The van der Waals surface area contributed by atoms with Crippen LogP contribution in [0, 0.1) is 11.3 Å². The third kappa shape index (κ3) is 14.0. The van der Waals surface area contributed by atoms with Crippen LogP contribution in [0.5, 0.6) is 11.5 Å². The Morgan fingerprint density at radius 2 is 1.21 bits per heavy atom. The molecule has 0 aromatic heterocycles. The normalized spacial score (nSPS) is 11.2. The second-order valence-electron chi connectivity index (χ2n) is 10.1. The fraction of sp³-hybridized carbons (Fsp3) is 0.457. The van der Waals surface area contributed by atoms with Crippen LogP contribution in [-0.4, -0.2) is 10.2 Å². The number of para-hydroxylation sites is 1. The van der Waals surface area contributed by atoms with Gasteiger partial charge in [-0.1, -0.05) is 132 Å². The van der Waals surface area contributed by atoms with Crippen molar-refractivity contribution in [2.45, 2.75) is 103 Å². The number of aliphatic hydroxyl groups excluding tert-OH is 2. The number of ether oxygens (including phenoxy) is 1. The maximum absolute atomic E-state index is 9.40. The highest BCUT2D eigenvalue weighted by atomic mass is 16.5. The summed E-state index contributed by atoms with van der Waals surface area (Å²) < 4.78 is 5.59. The number of aryl methyl sites for hydroxylation is 1. The maximum atomic E-state index is 9.40. The number of nitrogens with zero attached hydrogens (tertiary/aromatic N) is 1. The van der Waals surface area contributed by atoms with Crippen molar-refractivity contribution in [1.82, 2.24) is 0 Å². The lowest BCUT2D eigenvalue weighted by Gasteiger charge is -2.07. The number of hydrogen-bond donors (Lipinski definition) is 2. The van der Waals surface area contributed by atoms with Crippen LogP contribution >= 0.6 is 0 Å². The first-order valence-corrected chi connectivity index (χ1v) is 14.8. The van der Waals surface area contributed by atoms with E-state index < -0.39 is 6.10 Å². The van der Waals surface area contributed by atoms with Crippen LogP contribution in [0.4, 0.5) is 0 Å². The number of benzene rings is 3. The van der Waals surface area contributed by atoms with Crippen molar-refractivity contribution in [3.63, 3.8) is 0 Å². The third-order valence-electron chi connectivity index (χ3n) is 6.86. The van der Waals surface area contributed by atoms with E-state index in [2.05, 4.69) is 19.1 Å². The van der Waals surface area contributed by atoms with Crippen molar-refractivity contribution in [3.8, 4) is 17.6 Å². The molecule has 0 heterocycles. The lowest BCUT2D eigenvalue weighted by Crippen LogP contribution is -1.94. The standard InChI is InChI=1S/C21H36O.C14H11NO2/c1-2-3-4-5-6-7-8-9-10-11-12-13-16-20-17-14-15-18-21(20)19-22;15-10-14(16)11-5-4-8-13(9-11)17-12-6-2-1-3-7-12/h14-15,17-18,22H,2-13,16,19H2,1H3;1-9,14,16H. The predicted octanol–water partition coefficient (Wildman–Crippen LogP) is 9.46. The van der Waals surface area contributed by atoms with Crippen molar-refractivity contribution < 1.29 is 14.9 Å². The van der Waals surface area contributed by atoms with E-state index in [1.807, 2.05) is 42.5 Å². The summed E-state index contributed by atoms with van der Waals surface area (Å²) in [6.45, 7) is 2.46. The topological polar surface area (TPSA) is 73.5 Å². The minimum Gasteiger partial charge on any atom is -0.457 e. The van der Waals surface area contributed by atoms with Gasteiger partial charge < -0.3 is 14.9 Å². The van der Waals surface area contributed by atoms with E-state index in [4.69, 9.17) is 10.00 Å². The highest BCUT2D eigenvalue weighted by Gasteiger charge is 2.06. The molecule has 0 saturated carbocycles. The zero-order valence-electron chi connectivity index (χ0n) is 23.7. The van der Waals surface area contributed by atoms with Gasteiger partial charge in [-0.25, -0.2) is 0 Å². The van der Waals surface area contributed by atoms with Gasteiger partial charge in [0, 0.05) is 0 Å². The summed E-state index contributed by atoms with van der Waals surface area (Å²) in [6.07, 6.45) is 16.7. The summed E-state index contributed by atoms with van der Waals surface area (Å²) in [5.41, 5.74) is 2.96. The molecule has 3 aromatic rings. The molecule has 0 fully saturated rings. The van der Waals surface area contributed by atoms with Gasteiger partial charge in [0.2, 0.25) is 0 Å². The second-order valence-corrected chi connectivity index (χ2v) is 10.1. The molecule has 4 heteroatoms. The quantitative estimate of drug-likeness (QED) is 0.135. The monoisotopic (exact) mass is 529 g/mol. The van der Waals surface area contributed by atoms with Gasteiger partial charge in [0.25, 0.3) is 0 Å². The van der Waals surface area contributed by atoms with Crippen molar-refractivity contribution in [1.29, 1.82) is 5.26 Å². The minimum atomic E-state index is -1.12. The molecule has 0 saturated heterocycles. The molecular weight excluding hydrogens is 482 g/mol. The molecule has 210 valence electrons.